The SMILES string of the molecule is CSC1CCC(NCc2ccc(OC(C)C)cc2)CC1. The van der Waals surface area contributed by atoms with E-state index in [1.54, 1.807) is 0 Å². The summed E-state index contributed by atoms with van der Waals surface area (Å²) in [6, 6.07) is 9.17. The average Bonchev–Trinajstić information content (AvgIpc) is 2.46. The summed E-state index contributed by atoms with van der Waals surface area (Å²) >= 11 is 2.03. The van der Waals surface area contributed by atoms with Crippen LogP contribution in [0.15, 0.2) is 24.3 Å². The lowest BCUT2D eigenvalue weighted by Crippen LogP contribution is -2.33. The van der Waals surface area contributed by atoms with Crippen LogP contribution in [0.3, 0.4) is 0 Å². The zero-order valence-electron chi connectivity index (χ0n) is 12.9. The van der Waals surface area contributed by atoms with E-state index in [1.165, 1.54) is 31.2 Å². The van der Waals surface area contributed by atoms with E-state index < -0.39 is 0 Å². The monoisotopic (exact) mass is 293 g/mol. The number of thioether (sulfide) groups is 1. The second kappa shape index (κ2) is 7.94. The standard InChI is InChI=1S/C17H27NOS/c1-13(2)19-16-8-4-14(5-9-16)12-18-15-6-10-17(20-3)11-7-15/h4-5,8-9,13,15,17-18H,6-7,10-12H2,1-3H3. The molecular formula is C17H27NOS. The van der Waals surface area contributed by atoms with Gasteiger partial charge in [0.15, 0.2) is 0 Å². The van der Waals surface area contributed by atoms with Crippen LogP contribution in [-0.2, 0) is 6.54 Å². The summed E-state index contributed by atoms with van der Waals surface area (Å²) in [5.41, 5.74) is 1.34. The molecule has 0 unspecified atom stereocenters. The summed E-state index contributed by atoms with van der Waals surface area (Å²) in [4.78, 5) is 0. The molecule has 1 saturated carbocycles. The zero-order valence-corrected chi connectivity index (χ0v) is 13.7. The van der Waals surface area contributed by atoms with E-state index >= 15 is 0 Å². The van der Waals surface area contributed by atoms with Gasteiger partial charge in [-0.1, -0.05) is 12.1 Å². The van der Waals surface area contributed by atoms with Gasteiger partial charge in [0.1, 0.15) is 5.75 Å². The third-order valence-electron chi connectivity index (χ3n) is 3.90. The molecule has 0 spiro atoms. The van der Waals surface area contributed by atoms with Crippen molar-refractivity contribution < 1.29 is 4.74 Å². The van der Waals surface area contributed by atoms with Crippen molar-refractivity contribution in [1.82, 2.24) is 5.32 Å². The minimum absolute atomic E-state index is 0.241. The normalized spacial score (nSPS) is 23.0. The number of nitrogens with one attached hydrogen (secondary N) is 1. The Morgan fingerprint density at radius 3 is 2.35 bits per heavy atom. The van der Waals surface area contributed by atoms with Gasteiger partial charge in [-0.25, -0.2) is 0 Å². The minimum Gasteiger partial charge on any atom is -0.491 e. The number of rotatable bonds is 6. The fourth-order valence-electron chi connectivity index (χ4n) is 2.72. The highest BCUT2D eigenvalue weighted by molar-refractivity contribution is 7.99. The summed E-state index contributed by atoms with van der Waals surface area (Å²) < 4.78 is 5.67. The molecule has 0 aromatic heterocycles. The lowest BCUT2D eigenvalue weighted by atomic mass is 9.95. The molecule has 20 heavy (non-hydrogen) atoms. The maximum Gasteiger partial charge on any atom is 0.119 e. The molecule has 1 N–H and O–H groups in total. The van der Waals surface area contributed by atoms with Gasteiger partial charge in [0, 0.05) is 17.8 Å². The Bertz CT molecular complexity index is 382. The number of ether oxygens (including phenoxy) is 1. The molecule has 0 atom stereocenters. The molecule has 1 aromatic rings. The van der Waals surface area contributed by atoms with E-state index in [9.17, 15) is 0 Å². The quantitative estimate of drug-likeness (QED) is 0.847. The van der Waals surface area contributed by atoms with Gasteiger partial charge in [-0.15, -0.1) is 0 Å². The van der Waals surface area contributed by atoms with E-state index in [4.69, 9.17) is 4.74 Å². The van der Waals surface area contributed by atoms with Crippen molar-refractivity contribution in [1.29, 1.82) is 0 Å². The van der Waals surface area contributed by atoms with Crippen LogP contribution in [0.2, 0.25) is 0 Å². The highest BCUT2D eigenvalue weighted by Crippen LogP contribution is 2.27. The van der Waals surface area contributed by atoms with Crippen molar-refractivity contribution in [2.24, 2.45) is 0 Å². The van der Waals surface area contributed by atoms with Crippen molar-refractivity contribution >= 4 is 11.8 Å². The van der Waals surface area contributed by atoms with Gasteiger partial charge in [-0.3, -0.25) is 0 Å². The lowest BCUT2D eigenvalue weighted by Gasteiger charge is -2.28. The Kier molecular flexibility index (Phi) is 6.24. The largest absolute Gasteiger partial charge is 0.491 e. The van der Waals surface area contributed by atoms with Gasteiger partial charge in [0.05, 0.1) is 6.10 Å². The van der Waals surface area contributed by atoms with E-state index in [0.29, 0.717) is 6.04 Å². The number of benzene rings is 1. The van der Waals surface area contributed by atoms with E-state index in [1.807, 2.05) is 11.8 Å². The van der Waals surface area contributed by atoms with Crippen LogP contribution >= 0.6 is 11.8 Å². The fourth-order valence-corrected chi connectivity index (χ4v) is 3.47. The first kappa shape index (κ1) is 15.7. The molecule has 0 aliphatic heterocycles. The Morgan fingerprint density at radius 1 is 1.15 bits per heavy atom. The minimum atomic E-state index is 0.241. The molecule has 0 heterocycles. The van der Waals surface area contributed by atoms with Crippen molar-refractivity contribution in [3.05, 3.63) is 29.8 Å². The molecular weight excluding hydrogens is 266 g/mol. The van der Waals surface area contributed by atoms with Crippen LogP contribution in [0, 0.1) is 0 Å². The van der Waals surface area contributed by atoms with Crippen molar-refractivity contribution in [3.63, 3.8) is 0 Å². The third kappa shape index (κ3) is 5.02. The van der Waals surface area contributed by atoms with Crippen LogP contribution < -0.4 is 10.1 Å². The molecule has 0 radical (unpaired) electrons. The number of hydrogen-bond donors (Lipinski definition) is 1. The Morgan fingerprint density at radius 2 is 1.80 bits per heavy atom. The van der Waals surface area contributed by atoms with Gasteiger partial charge in [0.25, 0.3) is 0 Å². The average molecular weight is 293 g/mol. The van der Waals surface area contributed by atoms with Crippen LogP contribution in [0.1, 0.15) is 45.1 Å². The second-order valence-corrected chi connectivity index (χ2v) is 7.04. The van der Waals surface area contributed by atoms with Gasteiger partial charge in [-0.05, 0) is 63.5 Å². The highest BCUT2D eigenvalue weighted by atomic mass is 32.2. The summed E-state index contributed by atoms with van der Waals surface area (Å²) in [5.74, 6) is 0.962. The van der Waals surface area contributed by atoms with Gasteiger partial charge in [-0.2, -0.15) is 11.8 Å². The molecule has 2 rings (SSSR count). The molecule has 3 heteroatoms. The van der Waals surface area contributed by atoms with E-state index in [0.717, 1.165) is 17.5 Å². The molecule has 1 aromatic carbocycles. The topological polar surface area (TPSA) is 21.3 Å². The predicted octanol–water partition coefficient (Wildman–Crippen LogP) is 4.24. The van der Waals surface area contributed by atoms with E-state index in [2.05, 4.69) is 49.7 Å². The summed E-state index contributed by atoms with van der Waals surface area (Å²) in [6.07, 6.45) is 7.84. The molecule has 0 saturated heterocycles. The van der Waals surface area contributed by atoms with E-state index in [-0.39, 0.29) is 6.10 Å². The van der Waals surface area contributed by atoms with Crippen LogP contribution in [0.4, 0.5) is 0 Å². The van der Waals surface area contributed by atoms with Crippen LogP contribution in [0.25, 0.3) is 0 Å². The van der Waals surface area contributed by atoms with Crippen LogP contribution in [-0.4, -0.2) is 23.7 Å². The zero-order chi connectivity index (χ0) is 14.4. The second-order valence-electron chi connectivity index (χ2n) is 5.90. The lowest BCUT2D eigenvalue weighted by molar-refractivity contribution is 0.242. The Hall–Kier alpha value is -0.670. The van der Waals surface area contributed by atoms with Crippen molar-refractivity contribution in [2.45, 2.75) is 63.5 Å². The fraction of sp³-hybridized carbons (Fsp3) is 0.647. The first-order chi connectivity index (χ1) is 9.67. The maximum absolute atomic E-state index is 5.67. The molecule has 1 fully saturated rings. The molecule has 1 aliphatic rings. The van der Waals surface area contributed by atoms with Gasteiger partial charge in [0.2, 0.25) is 0 Å². The highest BCUT2D eigenvalue weighted by Gasteiger charge is 2.19. The molecule has 2 nitrogen and oxygen atoms in total. The smallest absolute Gasteiger partial charge is 0.119 e. The first-order valence-corrected chi connectivity index (χ1v) is 8.98. The maximum atomic E-state index is 5.67. The summed E-state index contributed by atoms with van der Waals surface area (Å²) in [6.45, 7) is 5.08. The van der Waals surface area contributed by atoms with Crippen molar-refractivity contribution in [3.8, 4) is 5.75 Å². The Balaban J connectivity index is 1.74. The number of hydrogen-bond acceptors (Lipinski definition) is 3. The van der Waals surface area contributed by atoms with Gasteiger partial charge < -0.3 is 10.1 Å². The predicted molar refractivity (Wildman–Crippen MR) is 88.6 cm³/mol. The summed E-state index contributed by atoms with van der Waals surface area (Å²) in [5, 5.41) is 4.58. The van der Waals surface area contributed by atoms with Crippen molar-refractivity contribution in [2.75, 3.05) is 6.26 Å². The molecule has 112 valence electrons. The molecule has 0 bridgehead atoms. The van der Waals surface area contributed by atoms with Gasteiger partial charge >= 0.3 is 0 Å². The summed E-state index contributed by atoms with van der Waals surface area (Å²) in [7, 11) is 0. The van der Waals surface area contributed by atoms with Crippen LogP contribution in [0.5, 0.6) is 5.75 Å². The molecule has 1 aliphatic carbocycles. The molecule has 0 amide bonds. The first-order valence-electron chi connectivity index (χ1n) is 7.69. The Labute approximate surface area is 127 Å². The third-order valence-corrected chi connectivity index (χ3v) is 5.04.